The van der Waals surface area contributed by atoms with Crippen LogP contribution < -0.4 is 5.32 Å². The van der Waals surface area contributed by atoms with Gasteiger partial charge < -0.3 is 5.32 Å². The molecule has 0 aromatic heterocycles. The summed E-state index contributed by atoms with van der Waals surface area (Å²) in [7, 11) is 0. The molecule has 1 aliphatic heterocycles. The summed E-state index contributed by atoms with van der Waals surface area (Å²) in [6.07, 6.45) is 8.61. The van der Waals surface area contributed by atoms with E-state index in [1.54, 1.807) is 0 Å². The molecule has 0 fully saturated rings. The van der Waals surface area contributed by atoms with Gasteiger partial charge in [-0.15, -0.1) is 0 Å². The van der Waals surface area contributed by atoms with Crippen LogP contribution in [0.5, 0.6) is 0 Å². The van der Waals surface area contributed by atoms with Crippen molar-refractivity contribution in [2.45, 2.75) is 34.2 Å². The van der Waals surface area contributed by atoms with Crippen molar-refractivity contribution in [3.05, 3.63) is 64.9 Å². The van der Waals surface area contributed by atoms with Crippen molar-refractivity contribution in [1.82, 2.24) is 5.32 Å². The van der Waals surface area contributed by atoms with Gasteiger partial charge in [0.25, 0.3) is 0 Å². The van der Waals surface area contributed by atoms with Crippen LogP contribution in [0.1, 0.15) is 38.8 Å². The van der Waals surface area contributed by atoms with E-state index in [1.165, 1.54) is 22.4 Å². The van der Waals surface area contributed by atoms with Gasteiger partial charge in [-0.25, -0.2) is 0 Å². The predicted octanol–water partition coefficient (Wildman–Crippen LogP) is 4.68. The Hall–Kier alpha value is -1.76. The minimum absolute atomic E-state index is 0.886. The van der Waals surface area contributed by atoms with E-state index >= 15 is 0 Å². The summed E-state index contributed by atoms with van der Waals surface area (Å²) in [6.45, 7) is 9.02. The van der Waals surface area contributed by atoms with E-state index in [4.69, 9.17) is 0 Å². The van der Waals surface area contributed by atoms with Crippen LogP contribution in [0.2, 0.25) is 0 Å². The molecule has 0 spiro atoms. The Morgan fingerprint density at radius 2 is 1.72 bits per heavy atom. The van der Waals surface area contributed by atoms with E-state index in [0.29, 0.717) is 0 Å². The van der Waals surface area contributed by atoms with Crippen LogP contribution in [-0.4, -0.2) is 0 Å². The summed E-state index contributed by atoms with van der Waals surface area (Å²) < 4.78 is 0. The van der Waals surface area contributed by atoms with Crippen molar-refractivity contribution in [3.8, 4) is 0 Å². The van der Waals surface area contributed by atoms with Crippen molar-refractivity contribution in [3.63, 3.8) is 0 Å². The highest BCUT2D eigenvalue weighted by molar-refractivity contribution is 5.60. The Labute approximate surface area is 111 Å². The Bertz CT molecular complexity index is 464. The molecule has 0 radical (unpaired) electrons. The first-order chi connectivity index (χ1) is 8.85. The molecule has 0 bridgehead atoms. The second-order valence-electron chi connectivity index (χ2n) is 3.83. The highest BCUT2D eigenvalue weighted by atomic mass is 14.9. The van der Waals surface area contributed by atoms with Gasteiger partial charge >= 0.3 is 0 Å². The average molecular weight is 241 g/mol. The van der Waals surface area contributed by atoms with Crippen LogP contribution in [0.3, 0.4) is 0 Å². The van der Waals surface area contributed by atoms with Gasteiger partial charge in [-0.05, 0) is 30.5 Å². The summed E-state index contributed by atoms with van der Waals surface area (Å²) in [5.74, 6) is 0. The van der Waals surface area contributed by atoms with Crippen LogP contribution >= 0.6 is 0 Å². The molecule has 18 heavy (non-hydrogen) atoms. The molecule has 0 saturated heterocycles. The summed E-state index contributed by atoms with van der Waals surface area (Å²) in [6, 6.07) is 8.49. The normalized spacial score (nSPS) is 20.0. The molecule has 2 rings (SSSR count). The molecule has 0 saturated carbocycles. The molecule has 1 aromatic rings. The molecule has 96 valence electrons. The molecular formula is C17H23N. The van der Waals surface area contributed by atoms with Gasteiger partial charge in [-0.1, -0.05) is 62.4 Å². The lowest BCUT2D eigenvalue weighted by Crippen LogP contribution is -2.16. The average Bonchev–Trinajstić information content (AvgIpc) is 2.42. The first-order valence-corrected chi connectivity index (χ1v) is 6.68. The fourth-order valence-corrected chi connectivity index (χ4v) is 1.94. The van der Waals surface area contributed by atoms with Crippen molar-refractivity contribution in [2.75, 3.05) is 0 Å². The Kier molecular flexibility index (Phi) is 5.99. The van der Waals surface area contributed by atoms with Gasteiger partial charge in [-0.2, -0.15) is 0 Å². The number of hydrogen-bond donors (Lipinski definition) is 1. The molecule has 1 heteroatoms. The van der Waals surface area contributed by atoms with E-state index in [9.17, 15) is 0 Å². The van der Waals surface area contributed by atoms with Gasteiger partial charge in [0, 0.05) is 12.2 Å². The molecule has 1 aromatic carbocycles. The maximum atomic E-state index is 3.47. The third-order valence-corrected chi connectivity index (χ3v) is 2.88. The maximum Gasteiger partial charge on any atom is 0.0406 e. The van der Waals surface area contributed by atoms with E-state index in [1.807, 2.05) is 13.8 Å². The lowest BCUT2D eigenvalue weighted by molar-refractivity contribution is 0.818. The molecule has 1 heterocycles. The first-order valence-electron chi connectivity index (χ1n) is 6.68. The summed E-state index contributed by atoms with van der Waals surface area (Å²) in [5, 5.41) is 3.47. The highest BCUT2D eigenvalue weighted by Gasteiger charge is 2.06. The Balaban J connectivity index is 0.000000771. The van der Waals surface area contributed by atoms with E-state index in [2.05, 4.69) is 67.7 Å². The van der Waals surface area contributed by atoms with Gasteiger partial charge in [0.05, 0.1) is 0 Å². The molecule has 0 atom stereocenters. The van der Waals surface area contributed by atoms with Gasteiger partial charge in [0.1, 0.15) is 0 Å². The summed E-state index contributed by atoms with van der Waals surface area (Å²) >= 11 is 0. The highest BCUT2D eigenvalue weighted by Crippen LogP contribution is 2.18. The van der Waals surface area contributed by atoms with Gasteiger partial charge in [-0.3, -0.25) is 0 Å². The van der Waals surface area contributed by atoms with E-state index in [-0.39, 0.29) is 0 Å². The van der Waals surface area contributed by atoms with Gasteiger partial charge in [0.2, 0.25) is 0 Å². The molecule has 0 amide bonds. The fraction of sp³-hybridized carbons (Fsp3) is 0.294. The second-order valence-corrected chi connectivity index (χ2v) is 3.83. The van der Waals surface area contributed by atoms with Crippen LogP contribution in [0.4, 0.5) is 0 Å². The zero-order valence-corrected chi connectivity index (χ0v) is 11.8. The monoisotopic (exact) mass is 241 g/mol. The van der Waals surface area contributed by atoms with Crippen molar-refractivity contribution in [2.24, 2.45) is 0 Å². The zero-order chi connectivity index (χ0) is 13.4. The zero-order valence-electron chi connectivity index (χ0n) is 11.8. The van der Waals surface area contributed by atoms with Crippen molar-refractivity contribution in [1.29, 1.82) is 0 Å². The number of allylic oxidation sites excluding steroid dienone is 3. The summed E-state index contributed by atoms with van der Waals surface area (Å²) in [5.41, 5.74) is 5.09. The third kappa shape index (κ3) is 3.36. The number of benzene rings is 1. The lowest BCUT2D eigenvalue weighted by atomic mass is 10.0. The fourth-order valence-electron chi connectivity index (χ4n) is 1.94. The lowest BCUT2D eigenvalue weighted by Gasteiger charge is -2.16. The second kappa shape index (κ2) is 7.54. The Morgan fingerprint density at radius 3 is 2.39 bits per heavy atom. The van der Waals surface area contributed by atoms with E-state index < -0.39 is 0 Å². The minimum Gasteiger partial charge on any atom is -0.381 e. The number of rotatable bonds is 0. The smallest absolute Gasteiger partial charge is 0.0406 e. The molecule has 0 aliphatic carbocycles. The standard InChI is InChI=1S/C15H17N.C2H6/c1-3-12-9-10-13-7-5-6-8-14(13)11-16-15(12)4-2;1-2/h3-10,16H,11H2,1-2H3;1-2H3/b10-9-,12-3-,15-4+;. The number of nitrogens with one attached hydrogen (secondary N) is 1. The summed E-state index contributed by atoms with van der Waals surface area (Å²) in [4.78, 5) is 0. The minimum atomic E-state index is 0.886. The topological polar surface area (TPSA) is 12.0 Å². The Morgan fingerprint density at radius 1 is 1.00 bits per heavy atom. The number of fused-ring (bicyclic) bond motifs is 1. The maximum absolute atomic E-state index is 3.47. The van der Waals surface area contributed by atoms with Crippen LogP contribution in [0.15, 0.2) is 53.8 Å². The molecular weight excluding hydrogens is 218 g/mol. The number of hydrogen-bond acceptors (Lipinski definition) is 1. The van der Waals surface area contributed by atoms with Crippen LogP contribution in [0.25, 0.3) is 6.08 Å². The predicted molar refractivity (Wildman–Crippen MR) is 81.2 cm³/mol. The van der Waals surface area contributed by atoms with E-state index in [0.717, 1.165) is 6.54 Å². The largest absolute Gasteiger partial charge is 0.381 e. The SMILES string of the molecule is C/C=C1/C=C\c2ccccc2CN/C1=C/C.CC. The molecule has 0 unspecified atom stereocenters. The molecule has 1 aliphatic rings. The molecule has 1 nitrogen and oxygen atoms in total. The van der Waals surface area contributed by atoms with Crippen LogP contribution in [0, 0.1) is 0 Å². The first kappa shape index (κ1) is 14.3. The quantitative estimate of drug-likeness (QED) is 0.695. The van der Waals surface area contributed by atoms with Crippen molar-refractivity contribution < 1.29 is 0 Å². The van der Waals surface area contributed by atoms with Gasteiger partial charge in [0.15, 0.2) is 0 Å². The molecule has 1 N–H and O–H groups in total. The van der Waals surface area contributed by atoms with Crippen LogP contribution in [-0.2, 0) is 6.54 Å². The van der Waals surface area contributed by atoms with Crippen molar-refractivity contribution >= 4 is 6.08 Å². The third-order valence-electron chi connectivity index (χ3n) is 2.88.